The van der Waals surface area contributed by atoms with E-state index in [2.05, 4.69) is 22.3 Å². The van der Waals surface area contributed by atoms with Crippen molar-refractivity contribution >= 4 is 5.91 Å². The summed E-state index contributed by atoms with van der Waals surface area (Å²) in [6.45, 7) is 5.65. The second kappa shape index (κ2) is 7.39. The number of rotatable bonds is 5. The Labute approximate surface area is 112 Å². The van der Waals surface area contributed by atoms with Crippen molar-refractivity contribution in [1.82, 2.24) is 10.5 Å². The van der Waals surface area contributed by atoms with E-state index in [-0.39, 0.29) is 12.2 Å². The summed E-state index contributed by atoms with van der Waals surface area (Å²) in [7, 11) is 0. The average Bonchev–Trinajstić information content (AvgIpc) is 2.38. The average molecular weight is 262 g/mol. The van der Waals surface area contributed by atoms with E-state index in [0.717, 1.165) is 24.1 Å². The summed E-state index contributed by atoms with van der Waals surface area (Å²) < 4.78 is 0. The van der Waals surface area contributed by atoms with Crippen LogP contribution < -0.4 is 11.0 Å². The number of amides is 1. The Morgan fingerprint density at radius 1 is 1.53 bits per heavy atom. The molecule has 102 valence electrons. The lowest BCUT2D eigenvalue weighted by Gasteiger charge is -2.07. The van der Waals surface area contributed by atoms with Gasteiger partial charge in [0.25, 0.3) is 11.5 Å². The van der Waals surface area contributed by atoms with E-state index < -0.39 is 11.5 Å². The third kappa shape index (κ3) is 4.27. The molecule has 0 bridgehead atoms. The molecule has 0 spiro atoms. The minimum absolute atomic E-state index is 0.0433. The van der Waals surface area contributed by atoms with Crippen LogP contribution in [0.4, 0.5) is 0 Å². The number of pyridine rings is 1. The minimum atomic E-state index is -0.565. The fourth-order valence-corrected chi connectivity index (χ4v) is 1.62. The van der Waals surface area contributed by atoms with E-state index >= 15 is 0 Å². The molecule has 1 aromatic heterocycles. The van der Waals surface area contributed by atoms with Gasteiger partial charge in [-0.1, -0.05) is 19.3 Å². The molecule has 0 aliphatic heterocycles. The smallest absolute Gasteiger partial charge is 0.280 e. The number of aromatic amines is 1. The molecule has 1 rings (SSSR count). The molecule has 5 heteroatoms. The second-order valence-corrected chi connectivity index (χ2v) is 4.07. The van der Waals surface area contributed by atoms with Gasteiger partial charge in [0.2, 0.25) is 0 Å². The molecule has 0 fully saturated rings. The largest absolute Gasteiger partial charge is 0.325 e. The van der Waals surface area contributed by atoms with Gasteiger partial charge in [-0.15, -0.1) is 5.92 Å². The van der Waals surface area contributed by atoms with Gasteiger partial charge in [-0.05, 0) is 31.9 Å². The summed E-state index contributed by atoms with van der Waals surface area (Å²) >= 11 is 0. The molecule has 1 heterocycles. The van der Waals surface area contributed by atoms with Gasteiger partial charge in [-0.3, -0.25) is 14.4 Å². The molecule has 2 N–H and O–H groups in total. The van der Waals surface area contributed by atoms with Gasteiger partial charge in [0.15, 0.2) is 0 Å². The van der Waals surface area contributed by atoms with E-state index in [1.165, 1.54) is 0 Å². The van der Waals surface area contributed by atoms with Gasteiger partial charge in [0, 0.05) is 5.69 Å². The first-order chi connectivity index (χ1) is 9.10. The predicted molar refractivity (Wildman–Crippen MR) is 72.7 cm³/mol. The van der Waals surface area contributed by atoms with E-state index in [9.17, 15) is 9.59 Å². The van der Waals surface area contributed by atoms with Crippen LogP contribution in [0, 0.1) is 18.8 Å². The fraction of sp³-hybridized carbons (Fsp3) is 0.429. The normalized spacial score (nSPS) is 9.63. The molecule has 0 saturated carbocycles. The Morgan fingerprint density at radius 3 is 2.89 bits per heavy atom. The van der Waals surface area contributed by atoms with Crippen LogP contribution >= 0.6 is 0 Å². The fourth-order valence-electron chi connectivity index (χ4n) is 1.62. The first-order valence-corrected chi connectivity index (χ1v) is 6.14. The Bertz CT molecular complexity index is 564. The maximum Gasteiger partial charge on any atom is 0.280 e. The van der Waals surface area contributed by atoms with Gasteiger partial charge < -0.3 is 4.98 Å². The van der Waals surface area contributed by atoms with Crippen LogP contribution in [0.2, 0.25) is 0 Å². The van der Waals surface area contributed by atoms with Gasteiger partial charge in [0.1, 0.15) is 12.2 Å². The van der Waals surface area contributed by atoms with Crippen molar-refractivity contribution in [3.05, 3.63) is 33.2 Å². The minimum Gasteiger partial charge on any atom is -0.325 e. The van der Waals surface area contributed by atoms with Crippen LogP contribution in [-0.2, 0) is 11.3 Å². The third-order valence-corrected chi connectivity index (χ3v) is 2.58. The van der Waals surface area contributed by atoms with E-state index in [0.29, 0.717) is 0 Å². The maximum absolute atomic E-state index is 11.8. The highest BCUT2D eigenvalue weighted by molar-refractivity contribution is 5.93. The predicted octanol–water partition coefficient (Wildman–Crippen LogP) is 1.32. The molecule has 19 heavy (non-hydrogen) atoms. The van der Waals surface area contributed by atoms with Crippen LogP contribution in [0.1, 0.15) is 41.9 Å². The Hall–Kier alpha value is -2.06. The highest BCUT2D eigenvalue weighted by Gasteiger charge is 2.12. The quantitative estimate of drug-likeness (QED) is 0.477. The van der Waals surface area contributed by atoms with Crippen molar-refractivity contribution in [3.63, 3.8) is 0 Å². The van der Waals surface area contributed by atoms with Gasteiger partial charge in [0.05, 0.1) is 0 Å². The molecule has 0 radical (unpaired) electrons. The van der Waals surface area contributed by atoms with Crippen molar-refractivity contribution < 1.29 is 9.63 Å². The number of carbonyl (C=O) groups excluding carboxylic acids is 1. The molecule has 1 amide bonds. The van der Waals surface area contributed by atoms with Gasteiger partial charge >= 0.3 is 0 Å². The summed E-state index contributed by atoms with van der Waals surface area (Å²) in [5.41, 5.74) is 3.58. The van der Waals surface area contributed by atoms with Crippen LogP contribution in [0.3, 0.4) is 0 Å². The summed E-state index contributed by atoms with van der Waals surface area (Å²) in [5.74, 6) is 4.70. The highest BCUT2D eigenvalue weighted by atomic mass is 16.6. The van der Waals surface area contributed by atoms with Crippen molar-refractivity contribution in [2.24, 2.45) is 0 Å². The molecular formula is C14H18N2O3. The van der Waals surface area contributed by atoms with E-state index in [1.807, 2.05) is 13.8 Å². The number of aromatic nitrogens is 1. The number of nitrogens with one attached hydrogen (secondary N) is 2. The Balaban J connectivity index is 2.82. The van der Waals surface area contributed by atoms with Crippen molar-refractivity contribution in [1.29, 1.82) is 0 Å². The topological polar surface area (TPSA) is 71.2 Å². The lowest BCUT2D eigenvalue weighted by Crippen LogP contribution is -2.30. The van der Waals surface area contributed by atoms with Crippen LogP contribution in [0.25, 0.3) is 0 Å². The van der Waals surface area contributed by atoms with Crippen LogP contribution in [-0.4, -0.2) is 17.5 Å². The first-order valence-electron chi connectivity index (χ1n) is 6.14. The Kier molecular flexibility index (Phi) is 5.83. The van der Waals surface area contributed by atoms with Gasteiger partial charge in [-0.2, -0.15) is 0 Å². The zero-order valence-corrected chi connectivity index (χ0v) is 11.4. The lowest BCUT2D eigenvalue weighted by molar-refractivity contribution is 0.0436. The van der Waals surface area contributed by atoms with E-state index in [1.54, 1.807) is 13.0 Å². The highest BCUT2D eigenvalue weighted by Crippen LogP contribution is 2.06. The van der Waals surface area contributed by atoms with Crippen LogP contribution in [0.15, 0.2) is 10.9 Å². The molecule has 0 aromatic carbocycles. The molecule has 0 unspecified atom stereocenters. The molecule has 0 aliphatic carbocycles. The number of hydrogen-bond donors (Lipinski definition) is 2. The van der Waals surface area contributed by atoms with E-state index in [4.69, 9.17) is 4.84 Å². The molecule has 1 aromatic rings. The van der Waals surface area contributed by atoms with Crippen molar-refractivity contribution in [2.75, 3.05) is 6.61 Å². The third-order valence-electron chi connectivity index (χ3n) is 2.58. The number of carbonyl (C=O) groups is 1. The SMILES string of the molecule is CC#CCONC(=O)c1cc(C)c(CCC)[nH]c1=O. The molecule has 0 atom stereocenters. The number of hydroxylamine groups is 1. The molecule has 0 saturated heterocycles. The number of H-pyrrole nitrogens is 1. The maximum atomic E-state index is 11.8. The zero-order chi connectivity index (χ0) is 14.3. The summed E-state index contributed by atoms with van der Waals surface area (Å²) in [6, 6.07) is 1.58. The summed E-state index contributed by atoms with van der Waals surface area (Å²) in [6.07, 6.45) is 1.71. The zero-order valence-electron chi connectivity index (χ0n) is 11.4. The molecule has 0 aliphatic rings. The number of aryl methyl sites for hydroxylation is 2. The van der Waals surface area contributed by atoms with Crippen molar-refractivity contribution in [3.8, 4) is 11.8 Å². The number of hydrogen-bond acceptors (Lipinski definition) is 3. The lowest BCUT2D eigenvalue weighted by atomic mass is 10.1. The van der Waals surface area contributed by atoms with Crippen LogP contribution in [0.5, 0.6) is 0 Å². The standard InChI is InChI=1S/C14H18N2O3/c1-4-6-8-19-16-14(18)11-9-10(3)12(7-5-2)15-13(11)17/h9H,5,7-8H2,1-3H3,(H,15,17)(H,16,18). The Morgan fingerprint density at radius 2 is 2.26 bits per heavy atom. The molecular weight excluding hydrogens is 244 g/mol. The monoisotopic (exact) mass is 262 g/mol. The summed E-state index contributed by atoms with van der Waals surface area (Å²) in [5, 5.41) is 0. The second-order valence-electron chi connectivity index (χ2n) is 4.07. The summed E-state index contributed by atoms with van der Waals surface area (Å²) in [4.78, 5) is 31.1. The first kappa shape index (κ1) is 15.0. The molecule has 5 nitrogen and oxygen atoms in total. The van der Waals surface area contributed by atoms with Crippen molar-refractivity contribution in [2.45, 2.75) is 33.6 Å². The van der Waals surface area contributed by atoms with Gasteiger partial charge in [-0.25, -0.2) is 5.48 Å².